The lowest BCUT2D eigenvalue weighted by Gasteiger charge is -2.17. The van der Waals surface area contributed by atoms with E-state index in [0.29, 0.717) is 17.5 Å². The molecule has 0 saturated heterocycles. The molecule has 21 heavy (non-hydrogen) atoms. The molecule has 0 aromatic heterocycles. The summed E-state index contributed by atoms with van der Waals surface area (Å²) >= 11 is 0. The Balaban J connectivity index is 2.92. The number of carbonyl (C=O) groups is 2. The van der Waals surface area contributed by atoms with Crippen LogP contribution in [-0.4, -0.2) is 36.3 Å². The van der Waals surface area contributed by atoms with Crippen molar-refractivity contribution in [2.75, 3.05) is 12.4 Å². The van der Waals surface area contributed by atoms with Crippen LogP contribution in [0.4, 0.5) is 5.69 Å². The van der Waals surface area contributed by atoms with Crippen molar-refractivity contribution in [1.82, 2.24) is 5.32 Å². The summed E-state index contributed by atoms with van der Waals surface area (Å²) in [4.78, 5) is 23.3. The van der Waals surface area contributed by atoms with Crippen LogP contribution < -0.4 is 10.6 Å². The number of carboxylic acid groups (broad SMARTS) is 1. The minimum Gasteiger partial charge on any atom is -0.480 e. The van der Waals surface area contributed by atoms with E-state index in [1.807, 2.05) is 13.8 Å². The highest BCUT2D eigenvalue weighted by Crippen LogP contribution is 2.15. The van der Waals surface area contributed by atoms with Gasteiger partial charge in [-0.25, -0.2) is 4.79 Å². The number of rotatable bonds is 7. The molecule has 4 N–H and O–H groups in total. The zero-order valence-electron chi connectivity index (χ0n) is 12.4. The van der Waals surface area contributed by atoms with Crippen LogP contribution >= 0.6 is 0 Å². The second-order valence-electron chi connectivity index (χ2n) is 5.19. The second-order valence-corrected chi connectivity index (χ2v) is 5.19. The molecule has 6 nitrogen and oxygen atoms in total. The predicted molar refractivity (Wildman–Crippen MR) is 82.2 cm³/mol. The summed E-state index contributed by atoms with van der Waals surface area (Å²) in [5.41, 5.74) is 1.64. The van der Waals surface area contributed by atoms with Gasteiger partial charge in [0.1, 0.15) is 6.04 Å². The van der Waals surface area contributed by atoms with Gasteiger partial charge in [0.2, 0.25) is 0 Å². The SMILES string of the molecule is CNc1ccc(C(=O)NC(CC(C)C)C(=O)O)cc1C=N. The van der Waals surface area contributed by atoms with Crippen molar-refractivity contribution in [3.05, 3.63) is 29.3 Å². The van der Waals surface area contributed by atoms with Crippen molar-refractivity contribution in [1.29, 1.82) is 5.41 Å². The maximum absolute atomic E-state index is 12.1. The lowest BCUT2D eigenvalue weighted by molar-refractivity contribution is -0.139. The molecule has 0 bridgehead atoms. The molecule has 0 aliphatic heterocycles. The van der Waals surface area contributed by atoms with Crippen LogP contribution in [-0.2, 0) is 4.79 Å². The summed E-state index contributed by atoms with van der Waals surface area (Å²) in [7, 11) is 1.73. The third kappa shape index (κ3) is 4.59. The van der Waals surface area contributed by atoms with Gasteiger partial charge >= 0.3 is 5.97 Å². The minimum absolute atomic E-state index is 0.162. The third-order valence-electron chi connectivity index (χ3n) is 3.05. The minimum atomic E-state index is -1.05. The molecule has 0 fully saturated rings. The van der Waals surface area contributed by atoms with E-state index in [-0.39, 0.29) is 5.92 Å². The van der Waals surface area contributed by atoms with Crippen molar-refractivity contribution >= 4 is 23.8 Å². The largest absolute Gasteiger partial charge is 0.480 e. The number of hydrogen-bond acceptors (Lipinski definition) is 4. The average Bonchev–Trinajstić information content (AvgIpc) is 2.45. The van der Waals surface area contributed by atoms with E-state index in [2.05, 4.69) is 10.6 Å². The van der Waals surface area contributed by atoms with E-state index in [0.717, 1.165) is 11.9 Å². The topological polar surface area (TPSA) is 102 Å². The average molecular weight is 291 g/mol. The van der Waals surface area contributed by atoms with Gasteiger partial charge in [-0.3, -0.25) is 4.79 Å². The fourth-order valence-corrected chi connectivity index (χ4v) is 1.99. The Labute approximate surface area is 124 Å². The molecule has 6 heteroatoms. The third-order valence-corrected chi connectivity index (χ3v) is 3.05. The van der Waals surface area contributed by atoms with E-state index in [1.165, 1.54) is 0 Å². The van der Waals surface area contributed by atoms with Crippen molar-refractivity contribution in [2.24, 2.45) is 5.92 Å². The molecule has 0 aliphatic carbocycles. The molecule has 1 aromatic rings. The Morgan fingerprint density at radius 2 is 2.05 bits per heavy atom. The van der Waals surface area contributed by atoms with Crippen molar-refractivity contribution in [3.8, 4) is 0 Å². The van der Waals surface area contributed by atoms with Crippen LogP contribution in [0.2, 0.25) is 0 Å². The fourth-order valence-electron chi connectivity index (χ4n) is 1.99. The predicted octanol–water partition coefficient (Wildman–Crippen LogP) is 1.96. The maximum Gasteiger partial charge on any atom is 0.326 e. The quantitative estimate of drug-likeness (QED) is 0.577. The van der Waals surface area contributed by atoms with Crippen LogP contribution in [0.15, 0.2) is 18.2 Å². The number of carbonyl (C=O) groups excluding carboxylic acids is 1. The first kappa shape index (κ1) is 16.7. The smallest absolute Gasteiger partial charge is 0.326 e. The summed E-state index contributed by atoms with van der Waals surface area (Å²) in [6, 6.07) is 3.93. The standard InChI is InChI=1S/C15H21N3O3/c1-9(2)6-13(15(20)21)18-14(19)10-4-5-12(17-3)11(7-10)8-16/h4-5,7-9,13,16-17H,6H2,1-3H3,(H,18,19)(H,20,21). The van der Waals surface area contributed by atoms with Crippen LogP contribution in [0.1, 0.15) is 36.2 Å². The number of benzene rings is 1. The zero-order valence-corrected chi connectivity index (χ0v) is 12.4. The molecular weight excluding hydrogens is 270 g/mol. The molecule has 0 radical (unpaired) electrons. The monoisotopic (exact) mass is 291 g/mol. The lowest BCUT2D eigenvalue weighted by Crippen LogP contribution is -2.41. The van der Waals surface area contributed by atoms with Gasteiger partial charge in [-0.1, -0.05) is 13.8 Å². The Kier molecular flexibility index (Phi) is 5.90. The Morgan fingerprint density at radius 1 is 1.38 bits per heavy atom. The Bertz CT molecular complexity index is 541. The highest BCUT2D eigenvalue weighted by Gasteiger charge is 2.21. The highest BCUT2D eigenvalue weighted by atomic mass is 16.4. The number of anilines is 1. The molecule has 1 rings (SSSR count). The first-order chi connectivity index (χ1) is 9.88. The molecule has 0 saturated carbocycles. The summed E-state index contributed by atoms with van der Waals surface area (Å²) < 4.78 is 0. The molecular formula is C15H21N3O3. The molecule has 1 unspecified atom stereocenters. The molecule has 1 atom stereocenters. The number of carboxylic acids is 1. The van der Waals surface area contributed by atoms with Crippen molar-refractivity contribution < 1.29 is 14.7 Å². The van der Waals surface area contributed by atoms with Gasteiger partial charge in [0.25, 0.3) is 5.91 Å². The van der Waals surface area contributed by atoms with Crippen molar-refractivity contribution in [3.63, 3.8) is 0 Å². The first-order valence-electron chi connectivity index (χ1n) is 6.75. The van der Waals surface area contributed by atoms with Crippen molar-refractivity contribution in [2.45, 2.75) is 26.3 Å². The number of hydrogen-bond donors (Lipinski definition) is 4. The van der Waals surface area contributed by atoms with Gasteiger partial charge in [0.05, 0.1) is 0 Å². The van der Waals surface area contributed by atoms with Crippen LogP contribution in [0.3, 0.4) is 0 Å². The van der Waals surface area contributed by atoms with Crippen LogP contribution in [0.5, 0.6) is 0 Å². The number of aliphatic carboxylic acids is 1. The van der Waals surface area contributed by atoms with Gasteiger partial charge in [-0.2, -0.15) is 0 Å². The van der Waals surface area contributed by atoms with E-state index in [9.17, 15) is 9.59 Å². The molecule has 114 valence electrons. The Morgan fingerprint density at radius 3 is 2.52 bits per heavy atom. The van der Waals surface area contributed by atoms with Gasteiger partial charge in [0.15, 0.2) is 0 Å². The van der Waals surface area contributed by atoms with E-state index in [4.69, 9.17) is 10.5 Å². The number of amides is 1. The summed E-state index contributed by atoms with van der Waals surface area (Å²) in [6.45, 7) is 3.80. The summed E-state index contributed by atoms with van der Waals surface area (Å²) in [5, 5.41) is 21.9. The molecule has 0 spiro atoms. The molecule has 1 aromatic carbocycles. The van der Waals surface area contributed by atoms with Crippen LogP contribution in [0, 0.1) is 11.3 Å². The van der Waals surface area contributed by atoms with Gasteiger partial charge in [-0.15, -0.1) is 0 Å². The highest BCUT2D eigenvalue weighted by molar-refractivity contribution is 5.99. The normalized spacial score (nSPS) is 11.8. The second kappa shape index (κ2) is 7.42. The van der Waals surface area contributed by atoms with E-state index in [1.54, 1.807) is 25.2 Å². The zero-order chi connectivity index (χ0) is 16.0. The van der Waals surface area contributed by atoms with Gasteiger partial charge < -0.3 is 21.1 Å². The van der Waals surface area contributed by atoms with E-state index < -0.39 is 17.9 Å². The molecule has 1 amide bonds. The number of nitrogens with one attached hydrogen (secondary N) is 3. The van der Waals surface area contributed by atoms with Crippen LogP contribution in [0.25, 0.3) is 0 Å². The summed E-state index contributed by atoms with van der Waals surface area (Å²) in [5.74, 6) is -1.33. The van der Waals surface area contributed by atoms with Gasteiger partial charge in [-0.05, 0) is 30.5 Å². The van der Waals surface area contributed by atoms with E-state index >= 15 is 0 Å². The fraction of sp³-hybridized carbons (Fsp3) is 0.400. The first-order valence-corrected chi connectivity index (χ1v) is 6.75. The lowest BCUT2D eigenvalue weighted by atomic mass is 10.0. The molecule has 0 aliphatic rings. The summed E-state index contributed by atoms with van der Waals surface area (Å²) in [6.07, 6.45) is 1.51. The Hall–Kier alpha value is -2.37. The molecule has 0 heterocycles. The van der Waals surface area contributed by atoms with Gasteiger partial charge in [0, 0.05) is 30.1 Å². The maximum atomic E-state index is 12.1.